The van der Waals surface area contributed by atoms with E-state index >= 15 is 0 Å². The highest BCUT2D eigenvalue weighted by Crippen LogP contribution is 2.28. The molecule has 1 saturated heterocycles. The molecule has 2 unspecified atom stereocenters. The molecule has 0 spiro atoms. The van der Waals surface area contributed by atoms with Gasteiger partial charge in [0, 0.05) is 31.1 Å². The van der Waals surface area contributed by atoms with E-state index in [1.165, 1.54) is 0 Å². The fourth-order valence-electron chi connectivity index (χ4n) is 3.30. The van der Waals surface area contributed by atoms with Crippen molar-refractivity contribution < 1.29 is 13.2 Å². The van der Waals surface area contributed by atoms with E-state index in [-0.39, 0.29) is 12.0 Å². The van der Waals surface area contributed by atoms with Crippen LogP contribution in [-0.4, -0.2) is 42.3 Å². The maximum absolute atomic E-state index is 12.4. The van der Waals surface area contributed by atoms with Gasteiger partial charge in [-0.05, 0) is 31.7 Å². The lowest BCUT2D eigenvalue weighted by Gasteiger charge is -2.49. The third kappa shape index (κ3) is 5.44. The molecule has 0 amide bonds. The van der Waals surface area contributed by atoms with Gasteiger partial charge >= 0.3 is 6.18 Å². The zero-order valence-corrected chi connectivity index (χ0v) is 13.9. The van der Waals surface area contributed by atoms with E-state index < -0.39 is 12.6 Å². The molecule has 1 aliphatic heterocycles. The number of hydrogen-bond acceptors (Lipinski definition) is 2. The maximum atomic E-state index is 12.4. The molecule has 1 N–H and O–H groups in total. The summed E-state index contributed by atoms with van der Waals surface area (Å²) in [5.74, 6) is 0.509. The van der Waals surface area contributed by atoms with Gasteiger partial charge in [-0.3, -0.25) is 4.90 Å². The van der Waals surface area contributed by atoms with E-state index in [9.17, 15) is 13.2 Å². The van der Waals surface area contributed by atoms with Crippen molar-refractivity contribution in [3.63, 3.8) is 0 Å². The van der Waals surface area contributed by atoms with Crippen LogP contribution in [0.2, 0.25) is 0 Å². The van der Waals surface area contributed by atoms with Gasteiger partial charge in [0.05, 0.1) is 0 Å². The molecule has 5 heteroatoms. The van der Waals surface area contributed by atoms with Crippen LogP contribution < -0.4 is 5.32 Å². The van der Waals surface area contributed by atoms with Crippen molar-refractivity contribution in [1.29, 1.82) is 0 Å². The lowest BCUT2D eigenvalue weighted by atomic mass is 9.85. The largest absolute Gasteiger partial charge is 0.389 e. The summed E-state index contributed by atoms with van der Waals surface area (Å²) in [5, 5.41) is 3.67. The molecule has 0 aromatic rings. The SMILES string of the molecule is CCC(C)C1CNC(CC)(CC)CN1CCCC(F)(F)F. The molecule has 0 aromatic heterocycles. The van der Waals surface area contributed by atoms with Crippen molar-refractivity contribution in [3.8, 4) is 0 Å². The Hall–Kier alpha value is -0.290. The Morgan fingerprint density at radius 2 is 1.86 bits per heavy atom. The number of nitrogens with zero attached hydrogens (tertiary/aromatic N) is 1. The van der Waals surface area contributed by atoms with Gasteiger partial charge in [0.1, 0.15) is 0 Å². The van der Waals surface area contributed by atoms with Gasteiger partial charge in [-0.15, -0.1) is 0 Å². The van der Waals surface area contributed by atoms with E-state index in [0.29, 0.717) is 18.5 Å². The molecule has 1 rings (SSSR count). The molecule has 126 valence electrons. The molecule has 1 aliphatic rings. The zero-order valence-electron chi connectivity index (χ0n) is 13.9. The fourth-order valence-corrected chi connectivity index (χ4v) is 3.30. The van der Waals surface area contributed by atoms with E-state index in [0.717, 1.165) is 32.4 Å². The first-order chi connectivity index (χ1) is 9.77. The highest BCUT2D eigenvalue weighted by atomic mass is 19.4. The zero-order chi connectivity index (χ0) is 16.1. The summed E-state index contributed by atoms with van der Waals surface area (Å²) in [6.07, 6.45) is -1.39. The molecule has 0 radical (unpaired) electrons. The maximum Gasteiger partial charge on any atom is 0.389 e. The monoisotopic (exact) mass is 308 g/mol. The van der Waals surface area contributed by atoms with Crippen LogP contribution in [0.3, 0.4) is 0 Å². The molecular weight excluding hydrogens is 277 g/mol. The van der Waals surface area contributed by atoms with Gasteiger partial charge in [-0.1, -0.05) is 34.1 Å². The summed E-state index contributed by atoms with van der Waals surface area (Å²) in [6, 6.07) is 0.356. The standard InChI is InChI=1S/C16H31F3N2/c1-5-13(4)14-11-20-15(6-2,7-3)12-21(14)10-8-9-16(17,18)19/h13-14,20H,5-12H2,1-4H3. The molecule has 21 heavy (non-hydrogen) atoms. The Balaban J connectivity index is 2.69. The van der Waals surface area contributed by atoms with Gasteiger partial charge in [0.25, 0.3) is 0 Å². The van der Waals surface area contributed by atoms with E-state index in [4.69, 9.17) is 0 Å². The smallest absolute Gasteiger partial charge is 0.308 e. The molecule has 2 nitrogen and oxygen atoms in total. The number of piperazine rings is 1. The first kappa shape index (κ1) is 18.8. The van der Waals surface area contributed by atoms with Crippen LogP contribution in [-0.2, 0) is 0 Å². The second kappa shape index (κ2) is 7.82. The lowest BCUT2D eigenvalue weighted by molar-refractivity contribution is -0.137. The van der Waals surface area contributed by atoms with Crippen LogP contribution in [0.1, 0.15) is 59.8 Å². The molecule has 0 bridgehead atoms. The van der Waals surface area contributed by atoms with Gasteiger partial charge in [-0.2, -0.15) is 13.2 Å². The molecule has 2 atom stereocenters. The summed E-state index contributed by atoms with van der Waals surface area (Å²) >= 11 is 0. The minimum atomic E-state index is -4.04. The predicted molar refractivity (Wildman–Crippen MR) is 81.4 cm³/mol. The second-order valence-corrected chi connectivity index (χ2v) is 6.51. The Morgan fingerprint density at radius 3 is 2.33 bits per heavy atom. The summed E-state index contributed by atoms with van der Waals surface area (Å²) in [4.78, 5) is 2.31. The summed E-state index contributed by atoms with van der Waals surface area (Å²) in [7, 11) is 0. The molecule has 0 aliphatic carbocycles. The predicted octanol–water partition coefficient (Wildman–Crippen LogP) is 4.21. The Kier molecular flexibility index (Phi) is 6.98. The molecule has 1 fully saturated rings. The average molecular weight is 308 g/mol. The third-order valence-electron chi connectivity index (χ3n) is 5.22. The molecule has 0 saturated carbocycles. The fraction of sp³-hybridized carbons (Fsp3) is 1.00. The van der Waals surface area contributed by atoms with Crippen LogP contribution in [0.25, 0.3) is 0 Å². The average Bonchev–Trinajstić information content (AvgIpc) is 2.45. The lowest BCUT2D eigenvalue weighted by Crippen LogP contribution is -2.65. The number of nitrogens with one attached hydrogen (secondary N) is 1. The topological polar surface area (TPSA) is 15.3 Å². The minimum Gasteiger partial charge on any atom is -0.308 e. The van der Waals surface area contributed by atoms with E-state index in [2.05, 4.69) is 37.9 Å². The van der Waals surface area contributed by atoms with Gasteiger partial charge in [-0.25, -0.2) is 0 Å². The van der Waals surface area contributed by atoms with Gasteiger partial charge in [0.15, 0.2) is 0 Å². The minimum absolute atomic E-state index is 0.0716. The van der Waals surface area contributed by atoms with Crippen molar-refractivity contribution >= 4 is 0 Å². The Morgan fingerprint density at radius 1 is 1.24 bits per heavy atom. The number of alkyl halides is 3. The first-order valence-corrected chi connectivity index (χ1v) is 8.32. The van der Waals surface area contributed by atoms with Crippen molar-refractivity contribution in [2.24, 2.45) is 5.92 Å². The molecule has 0 aromatic carbocycles. The first-order valence-electron chi connectivity index (χ1n) is 8.32. The van der Waals surface area contributed by atoms with Crippen molar-refractivity contribution in [2.75, 3.05) is 19.6 Å². The van der Waals surface area contributed by atoms with Crippen LogP contribution >= 0.6 is 0 Å². The van der Waals surface area contributed by atoms with Crippen LogP contribution in [0.4, 0.5) is 13.2 Å². The molecular formula is C16H31F3N2. The second-order valence-electron chi connectivity index (χ2n) is 6.51. The highest BCUT2D eigenvalue weighted by molar-refractivity contribution is 4.97. The van der Waals surface area contributed by atoms with Crippen molar-refractivity contribution in [3.05, 3.63) is 0 Å². The third-order valence-corrected chi connectivity index (χ3v) is 5.22. The Bertz CT molecular complexity index is 300. The summed E-state index contributed by atoms with van der Waals surface area (Å²) < 4.78 is 37.2. The normalized spacial score (nSPS) is 25.0. The van der Waals surface area contributed by atoms with Crippen LogP contribution in [0.5, 0.6) is 0 Å². The quantitative estimate of drug-likeness (QED) is 0.758. The van der Waals surface area contributed by atoms with Crippen LogP contribution in [0.15, 0.2) is 0 Å². The van der Waals surface area contributed by atoms with Gasteiger partial charge < -0.3 is 5.32 Å². The number of hydrogen-bond donors (Lipinski definition) is 1. The van der Waals surface area contributed by atoms with Crippen LogP contribution in [0, 0.1) is 5.92 Å². The van der Waals surface area contributed by atoms with E-state index in [1.54, 1.807) is 0 Å². The van der Waals surface area contributed by atoms with Gasteiger partial charge in [0.2, 0.25) is 0 Å². The van der Waals surface area contributed by atoms with Crippen molar-refractivity contribution in [1.82, 2.24) is 10.2 Å². The summed E-state index contributed by atoms with van der Waals surface area (Å²) in [6.45, 7) is 11.0. The Labute approximate surface area is 127 Å². The highest BCUT2D eigenvalue weighted by Gasteiger charge is 2.38. The number of rotatable bonds is 7. The van der Waals surface area contributed by atoms with E-state index in [1.807, 2.05) is 0 Å². The summed E-state index contributed by atoms with van der Waals surface area (Å²) in [5.41, 5.74) is 0.0716. The number of halogens is 3. The molecule has 1 heterocycles. The van der Waals surface area contributed by atoms with Crippen molar-refractivity contribution in [2.45, 2.75) is 77.6 Å².